The maximum Gasteiger partial charge on any atom is 0.211 e. The van der Waals surface area contributed by atoms with Gasteiger partial charge in [-0.1, -0.05) is 29.8 Å². The highest BCUT2D eigenvalue weighted by atomic mass is 32.1. The molecule has 0 fully saturated rings. The van der Waals surface area contributed by atoms with E-state index in [1.807, 2.05) is 28.1 Å². The molecule has 4 N–H and O–H groups in total. The monoisotopic (exact) mass is 298 g/mol. The van der Waals surface area contributed by atoms with Crippen LogP contribution < -0.4 is 11.5 Å². The molecule has 0 aliphatic carbocycles. The number of aromatic nitrogens is 2. The molecule has 0 unspecified atom stereocenters. The van der Waals surface area contributed by atoms with Gasteiger partial charge in [-0.25, -0.2) is 4.98 Å². The van der Waals surface area contributed by atoms with Gasteiger partial charge in [0.1, 0.15) is 0 Å². The number of hydrogen-bond donors (Lipinski definition) is 2. The van der Waals surface area contributed by atoms with Crippen LogP contribution in [0.25, 0.3) is 16.2 Å². The average molecular weight is 298 g/mol. The van der Waals surface area contributed by atoms with E-state index in [1.165, 1.54) is 5.56 Å². The summed E-state index contributed by atoms with van der Waals surface area (Å²) in [6.45, 7) is 2.05. The molecule has 0 saturated carbocycles. The summed E-state index contributed by atoms with van der Waals surface area (Å²) >= 11 is 1.56. The third-order valence-electron chi connectivity index (χ3n) is 2.98. The minimum absolute atomic E-state index is 0.0748. The second-order valence-electron chi connectivity index (χ2n) is 4.54. The third kappa shape index (κ3) is 2.63. The molecule has 1 aromatic carbocycles. The van der Waals surface area contributed by atoms with Crippen molar-refractivity contribution in [2.75, 3.05) is 0 Å². The van der Waals surface area contributed by atoms with Crippen molar-refractivity contribution in [1.82, 2.24) is 9.38 Å². The van der Waals surface area contributed by atoms with Crippen molar-refractivity contribution in [3.8, 4) is 11.3 Å². The smallest absolute Gasteiger partial charge is 0.211 e. The summed E-state index contributed by atoms with van der Waals surface area (Å²) in [4.78, 5) is 5.55. The topological polar surface area (TPSA) is 94.1 Å². The normalized spacial score (nSPS) is 11.3. The number of fused-ring (bicyclic) bond motifs is 1. The van der Waals surface area contributed by atoms with Crippen LogP contribution in [-0.2, 0) is 0 Å². The number of aryl methyl sites for hydroxylation is 1. The maximum atomic E-state index is 5.28. The van der Waals surface area contributed by atoms with Gasteiger partial charge in [0.05, 0.1) is 17.6 Å². The van der Waals surface area contributed by atoms with Crippen LogP contribution in [0, 0.1) is 6.92 Å². The van der Waals surface area contributed by atoms with E-state index >= 15 is 0 Å². The zero-order chi connectivity index (χ0) is 14.8. The van der Waals surface area contributed by atoms with Crippen LogP contribution in [0.15, 0.2) is 46.0 Å². The zero-order valence-electron chi connectivity index (χ0n) is 11.4. The lowest BCUT2D eigenvalue weighted by atomic mass is 10.1. The molecule has 0 saturated heterocycles. The number of hydrogen-bond acceptors (Lipinski definition) is 4. The molecule has 3 rings (SSSR count). The lowest BCUT2D eigenvalue weighted by Gasteiger charge is -2.00. The highest BCUT2D eigenvalue weighted by molar-refractivity contribution is 7.15. The van der Waals surface area contributed by atoms with Crippen LogP contribution in [0.3, 0.4) is 0 Å². The first-order chi connectivity index (χ1) is 10.1. The first-order valence-electron chi connectivity index (χ1n) is 6.29. The Morgan fingerprint density at radius 3 is 2.76 bits per heavy atom. The summed E-state index contributed by atoms with van der Waals surface area (Å²) in [6, 6.07) is 8.19. The fourth-order valence-electron chi connectivity index (χ4n) is 2.00. The van der Waals surface area contributed by atoms with E-state index in [2.05, 4.69) is 34.2 Å². The largest absolute Gasteiger partial charge is 0.369 e. The SMILES string of the molecule is Cc1ccc(-c2nc3sccn3c2/C=N/N=C(N)N)cc1. The van der Waals surface area contributed by atoms with Crippen LogP contribution >= 0.6 is 11.3 Å². The van der Waals surface area contributed by atoms with Crippen LogP contribution in [-0.4, -0.2) is 21.6 Å². The molecule has 7 heteroatoms. The van der Waals surface area contributed by atoms with Crippen LogP contribution in [0.5, 0.6) is 0 Å². The Kier molecular flexibility index (Phi) is 3.41. The lowest BCUT2D eigenvalue weighted by Crippen LogP contribution is -2.21. The number of nitrogens with two attached hydrogens (primary N) is 2. The van der Waals surface area contributed by atoms with Gasteiger partial charge in [-0.2, -0.15) is 5.10 Å². The van der Waals surface area contributed by atoms with Gasteiger partial charge in [0.15, 0.2) is 4.96 Å². The number of thiazole rings is 1. The molecule has 21 heavy (non-hydrogen) atoms. The summed E-state index contributed by atoms with van der Waals surface area (Å²) < 4.78 is 1.96. The molecule has 0 amide bonds. The predicted octanol–water partition coefficient (Wildman–Crippen LogP) is 1.98. The van der Waals surface area contributed by atoms with Crippen molar-refractivity contribution >= 4 is 28.5 Å². The van der Waals surface area contributed by atoms with Gasteiger partial charge in [0, 0.05) is 17.1 Å². The van der Waals surface area contributed by atoms with E-state index in [0.717, 1.165) is 21.9 Å². The number of imidazole rings is 1. The number of guanidine groups is 1. The lowest BCUT2D eigenvalue weighted by molar-refractivity contribution is 1.18. The Balaban J connectivity index is 2.13. The Morgan fingerprint density at radius 2 is 2.05 bits per heavy atom. The minimum Gasteiger partial charge on any atom is -0.369 e. The van der Waals surface area contributed by atoms with Gasteiger partial charge in [0.25, 0.3) is 0 Å². The molecule has 0 atom stereocenters. The van der Waals surface area contributed by atoms with E-state index in [0.29, 0.717) is 0 Å². The highest BCUT2D eigenvalue weighted by Crippen LogP contribution is 2.25. The Hall–Kier alpha value is -2.67. The van der Waals surface area contributed by atoms with Gasteiger partial charge < -0.3 is 11.5 Å². The molecule has 0 aliphatic heterocycles. The maximum absolute atomic E-state index is 5.28. The molecule has 2 heterocycles. The van der Waals surface area contributed by atoms with E-state index < -0.39 is 0 Å². The molecule has 6 nitrogen and oxygen atoms in total. The van der Waals surface area contributed by atoms with E-state index in [1.54, 1.807) is 17.6 Å². The standard InChI is InChI=1S/C14H14N6S/c1-9-2-4-10(5-3-9)12-11(8-17-19-13(15)16)20-6-7-21-14(20)18-12/h2-8H,1H3,(H4,15,16,19)/b17-8+. The first-order valence-corrected chi connectivity index (χ1v) is 7.17. The fourth-order valence-corrected chi connectivity index (χ4v) is 2.72. The van der Waals surface area contributed by atoms with Crippen molar-refractivity contribution in [3.05, 3.63) is 47.1 Å². The summed E-state index contributed by atoms with van der Waals surface area (Å²) in [6.07, 6.45) is 3.56. The van der Waals surface area contributed by atoms with Crippen molar-refractivity contribution in [3.63, 3.8) is 0 Å². The molecular formula is C14H14N6S. The van der Waals surface area contributed by atoms with E-state index in [9.17, 15) is 0 Å². The average Bonchev–Trinajstić information content (AvgIpc) is 3.01. The van der Waals surface area contributed by atoms with E-state index in [4.69, 9.17) is 11.5 Å². The predicted molar refractivity (Wildman–Crippen MR) is 86.6 cm³/mol. The minimum atomic E-state index is -0.0748. The van der Waals surface area contributed by atoms with Crippen molar-refractivity contribution in [1.29, 1.82) is 0 Å². The highest BCUT2D eigenvalue weighted by Gasteiger charge is 2.13. The van der Waals surface area contributed by atoms with Crippen LogP contribution in [0.4, 0.5) is 0 Å². The van der Waals surface area contributed by atoms with Gasteiger partial charge in [-0.3, -0.25) is 4.40 Å². The fraction of sp³-hybridized carbons (Fsp3) is 0.0714. The molecule has 3 aromatic rings. The molecule has 0 radical (unpaired) electrons. The van der Waals surface area contributed by atoms with Crippen molar-refractivity contribution in [2.45, 2.75) is 6.92 Å². The molecule has 0 bridgehead atoms. The van der Waals surface area contributed by atoms with Crippen LogP contribution in [0.1, 0.15) is 11.3 Å². The second-order valence-corrected chi connectivity index (χ2v) is 5.41. The third-order valence-corrected chi connectivity index (χ3v) is 3.73. The van der Waals surface area contributed by atoms with Crippen molar-refractivity contribution < 1.29 is 0 Å². The van der Waals surface area contributed by atoms with E-state index in [-0.39, 0.29) is 5.96 Å². The quantitative estimate of drug-likeness (QED) is 0.440. The second kappa shape index (κ2) is 5.37. The number of rotatable bonds is 3. The summed E-state index contributed by atoms with van der Waals surface area (Å²) in [5.41, 5.74) is 14.5. The molecule has 106 valence electrons. The summed E-state index contributed by atoms with van der Waals surface area (Å²) in [5.74, 6) is -0.0748. The van der Waals surface area contributed by atoms with Gasteiger partial charge >= 0.3 is 0 Å². The Bertz CT molecular complexity index is 821. The molecule has 0 spiro atoms. The summed E-state index contributed by atoms with van der Waals surface area (Å²) in [7, 11) is 0. The Labute approximate surface area is 125 Å². The van der Waals surface area contributed by atoms with Gasteiger partial charge in [-0.15, -0.1) is 16.4 Å². The first kappa shape index (κ1) is 13.3. The molecule has 0 aliphatic rings. The number of nitrogens with zero attached hydrogens (tertiary/aromatic N) is 4. The Morgan fingerprint density at radius 1 is 1.29 bits per heavy atom. The summed E-state index contributed by atoms with van der Waals surface area (Å²) in [5, 5.41) is 9.52. The van der Waals surface area contributed by atoms with Gasteiger partial charge in [-0.05, 0) is 6.92 Å². The zero-order valence-corrected chi connectivity index (χ0v) is 12.2. The van der Waals surface area contributed by atoms with Crippen LogP contribution in [0.2, 0.25) is 0 Å². The number of benzene rings is 1. The van der Waals surface area contributed by atoms with Gasteiger partial charge in [0.2, 0.25) is 5.96 Å². The molecular weight excluding hydrogens is 284 g/mol. The molecule has 2 aromatic heterocycles. The van der Waals surface area contributed by atoms with Crippen molar-refractivity contribution in [2.24, 2.45) is 21.7 Å².